The molecule has 2 atom stereocenters. The molecule has 2 N–H and O–H groups in total. The minimum Gasteiger partial charge on any atom is -0.446 e. The van der Waals surface area contributed by atoms with E-state index in [1.54, 1.807) is 4.90 Å². The molecule has 0 saturated carbocycles. The molecule has 0 bridgehead atoms. The molecule has 1 unspecified atom stereocenters. The van der Waals surface area contributed by atoms with Gasteiger partial charge in [-0.25, -0.2) is 4.79 Å². The first-order valence-electron chi connectivity index (χ1n) is 5.79. The molecule has 1 saturated heterocycles. The minimum atomic E-state index is -0.333. The number of carbonyl (C=O) groups is 2. The van der Waals surface area contributed by atoms with Crippen LogP contribution in [0.3, 0.4) is 0 Å². The van der Waals surface area contributed by atoms with Crippen LogP contribution in [0.5, 0.6) is 0 Å². The largest absolute Gasteiger partial charge is 0.446 e. The molecule has 1 aliphatic rings. The van der Waals surface area contributed by atoms with Gasteiger partial charge < -0.3 is 15.4 Å². The maximum absolute atomic E-state index is 11.7. The zero-order valence-electron chi connectivity index (χ0n) is 9.94. The third-order valence-electron chi connectivity index (χ3n) is 2.96. The van der Waals surface area contributed by atoms with Crippen molar-refractivity contribution in [2.75, 3.05) is 13.1 Å². The van der Waals surface area contributed by atoms with Gasteiger partial charge in [-0.05, 0) is 26.2 Å². The molecule has 1 aliphatic heterocycles. The smallest absolute Gasteiger partial charge is 0.410 e. The van der Waals surface area contributed by atoms with Crippen molar-refractivity contribution >= 4 is 12.0 Å². The van der Waals surface area contributed by atoms with E-state index in [1.807, 2.05) is 13.8 Å². The summed E-state index contributed by atoms with van der Waals surface area (Å²) in [7, 11) is 0. The van der Waals surface area contributed by atoms with Crippen molar-refractivity contribution in [2.45, 2.75) is 39.2 Å². The predicted molar refractivity (Wildman–Crippen MR) is 59.7 cm³/mol. The van der Waals surface area contributed by atoms with Crippen molar-refractivity contribution in [1.29, 1.82) is 0 Å². The number of nitrogens with two attached hydrogens (primary N) is 1. The first-order valence-corrected chi connectivity index (χ1v) is 5.79. The van der Waals surface area contributed by atoms with Gasteiger partial charge in [0.1, 0.15) is 6.10 Å². The van der Waals surface area contributed by atoms with E-state index in [4.69, 9.17) is 10.5 Å². The summed E-state index contributed by atoms with van der Waals surface area (Å²) in [6.07, 6.45) is 1.95. The molecule has 0 radical (unpaired) electrons. The van der Waals surface area contributed by atoms with Crippen LogP contribution in [0.15, 0.2) is 0 Å². The molecular weight excluding hydrogens is 208 g/mol. The lowest BCUT2D eigenvalue weighted by Gasteiger charge is -2.31. The van der Waals surface area contributed by atoms with Gasteiger partial charge in [0.05, 0.1) is 5.92 Å². The second-order valence-corrected chi connectivity index (χ2v) is 4.29. The first kappa shape index (κ1) is 12.8. The molecule has 0 spiro atoms. The Labute approximate surface area is 95.9 Å². The normalized spacial score (nSPS) is 22.6. The molecule has 5 heteroatoms. The third kappa shape index (κ3) is 3.40. The van der Waals surface area contributed by atoms with Crippen LogP contribution in [0.1, 0.15) is 33.1 Å². The highest BCUT2D eigenvalue weighted by molar-refractivity contribution is 5.78. The number of carbonyl (C=O) groups excluding carboxylic acids is 2. The van der Waals surface area contributed by atoms with E-state index in [0.717, 1.165) is 19.3 Å². The average molecular weight is 228 g/mol. The molecule has 1 heterocycles. The Balaban J connectivity index is 2.47. The Morgan fingerprint density at radius 3 is 2.81 bits per heavy atom. The van der Waals surface area contributed by atoms with Gasteiger partial charge in [0.2, 0.25) is 5.91 Å². The van der Waals surface area contributed by atoms with E-state index < -0.39 is 0 Å². The summed E-state index contributed by atoms with van der Waals surface area (Å²) in [5.41, 5.74) is 5.24. The second kappa shape index (κ2) is 5.72. The molecule has 2 amide bonds. The first-order chi connectivity index (χ1) is 7.54. The lowest BCUT2D eigenvalue weighted by Crippen LogP contribution is -2.44. The van der Waals surface area contributed by atoms with Crippen molar-refractivity contribution in [3.8, 4) is 0 Å². The number of likely N-dealkylation sites (tertiary alicyclic amines) is 1. The number of rotatable bonds is 3. The lowest BCUT2D eigenvalue weighted by molar-refractivity contribution is -0.123. The van der Waals surface area contributed by atoms with Crippen LogP contribution in [-0.4, -0.2) is 36.1 Å². The minimum absolute atomic E-state index is 0.0820. The molecule has 1 rings (SSSR count). The summed E-state index contributed by atoms with van der Waals surface area (Å²) in [5.74, 6) is -0.556. The Kier molecular flexibility index (Phi) is 4.58. The molecule has 1 fully saturated rings. The fraction of sp³-hybridized carbons (Fsp3) is 0.818. The summed E-state index contributed by atoms with van der Waals surface area (Å²) in [4.78, 5) is 24.3. The summed E-state index contributed by atoms with van der Waals surface area (Å²) < 4.78 is 5.20. The summed E-state index contributed by atoms with van der Waals surface area (Å²) >= 11 is 0. The van der Waals surface area contributed by atoms with Crippen LogP contribution in [0.2, 0.25) is 0 Å². The van der Waals surface area contributed by atoms with E-state index in [9.17, 15) is 9.59 Å². The topological polar surface area (TPSA) is 72.6 Å². The monoisotopic (exact) mass is 228 g/mol. The Hall–Kier alpha value is -1.26. The predicted octanol–water partition coefficient (Wildman–Crippen LogP) is 1.12. The van der Waals surface area contributed by atoms with Gasteiger partial charge in [-0.2, -0.15) is 0 Å². The number of primary amides is 1. The van der Waals surface area contributed by atoms with Gasteiger partial charge in [0.15, 0.2) is 0 Å². The van der Waals surface area contributed by atoms with E-state index in [2.05, 4.69) is 0 Å². The molecule has 0 aromatic heterocycles. The van der Waals surface area contributed by atoms with Gasteiger partial charge in [0.25, 0.3) is 0 Å². The quantitative estimate of drug-likeness (QED) is 0.786. The van der Waals surface area contributed by atoms with Gasteiger partial charge in [0, 0.05) is 13.1 Å². The number of piperidine rings is 1. The van der Waals surface area contributed by atoms with E-state index in [1.165, 1.54) is 0 Å². The van der Waals surface area contributed by atoms with Crippen molar-refractivity contribution < 1.29 is 14.3 Å². The van der Waals surface area contributed by atoms with Crippen LogP contribution in [-0.2, 0) is 9.53 Å². The molecule has 0 aromatic carbocycles. The van der Waals surface area contributed by atoms with Crippen molar-refractivity contribution in [3.05, 3.63) is 0 Å². The number of hydrogen-bond donors (Lipinski definition) is 1. The Bertz CT molecular complexity index is 268. The van der Waals surface area contributed by atoms with Gasteiger partial charge >= 0.3 is 6.09 Å². The number of ether oxygens (including phenoxy) is 1. The Morgan fingerprint density at radius 1 is 1.56 bits per heavy atom. The fourth-order valence-corrected chi connectivity index (χ4v) is 1.71. The zero-order chi connectivity index (χ0) is 12.1. The van der Waals surface area contributed by atoms with Crippen molar-refractivity contribution in [2.24, 2.45) is 11.7 Å². The highest BCUT2D eigenvalue weighted by Gasteiger charge is 2.28. The average Bonchev–Trinajstić information content (AvgIpc) is 2.28. The zero-order valence-corrected chi connectivity index (χ0v) is 9.94. The maximum Gasteiger partial charge on any atom is 0.410 e. The molecule has 5 nitrogen and oxygen atoms in total. The molecule has 0 aliphatic carbocycles. The second-order valence-electron chi connectivity index (χ2n) is 4.29. The number of amides is 2. The van der Waals surface area contributed by atoms with Crippen LogP contribution < -0.4 is 5.73 Å². The Morgan fingerprint density at radius 2 is 2.25 bits per heavy atom. The van der Waals surface area contributed by atoms with E-state index >= 15 is 0 Å². The number of hydrogen-bond acceptors (Lipinski definition) is 3. The van der Waals surface area contributed by atoms with E-state index in [0.29, 0.717) is 13.1 Å². The third-order valence-corrected chi connectivity index (χ3v) is 2.96. The molecule has 92 valence electrons. The van der Waals surface area contributed by atoms with Crippen molar-refractivity contribution in [3.63, 3.8) is 0 Å². The highest BCUT2D eigenvalue weighted by atomic mass is 16.6. The summed E-state index contributed by atoms with van der Waals surface area (Å²) in [6.45, 7) is 4.86. The SMILES string of the molecule is CCC(C)OC(=O)N1CCC[C@H](C(N)=O)C1. The summed E-state index contributed by atoms with van der Waals surface area (Å²) in [5, 5.41) is 0. The van der Waals surface area contributed by atoms with Crippen LogP contribution >= 0.6 is 0 Å². The maximum atomic E-state index is 11.7. The number of nitrogens with zero attached hydrogens (tertiary/aromatic N) is 1. The molecule has 16 heavy (non-hydrogen) atoms. The van der Waals surface area contributed by atoms with Crippen LogP contribution in [0.4, 0.5) is 4.79 Å². The van der Waals surface area contributed by atoms with Gasteiger partial charge in [-0.3, -0.25) is 4.79 Å². The van der Waals surface area contributed by atoms with Crippen LogP contribution in [0, 0.1) is 5.92 Å². The fourth-order valence-electron chi connectivity index (χ4n) is 1.71. The lowest BCUT2D eigenvalue weighted by atomic mass is 9.98. The standard InChI is InChI=1S/C11H20N2O3/c1-3-8(2)16-11(15)13-6-4-5-9(7-13)10(12)14/h8-9H,3-7H2,1-2H3,(H2,12,14)/t8?,9-/m0/s1. The van der Waals surface area contributed by atoms with Crippen molar-refractivity contribution in [1.82, 2.24) is 4.90 Å². The van der Waals surface area contributed by atoms with Gasteiger partial charge in [-0.1, -0.05) is 6.92 Å². The molecule has 0 aromatic rings. The van der Waals surface area contributed by atoms with E-state index in [-0.39, 0.29) is 24.0 Å². The highest BCUT2D eigenvalue weighted by Crippen LogP contribution is 2.17. The van der Waals surface area contributed by atoms with Gasteiger partial charge in [-0.15, -0.1) is 0 Å². The summed E-state index contributed by atoms with van der Waals surface area (Å²) in [6, 6.07) is 0. The molecular formula is C11H20N2O3. The van der Waals surface area contributed by atoms with Crippen LogP contribution in [0.25, 0.3) is 0 Å².